The average Bonchev–Trinajstić information content (AvgIpc) is 2.91. The molecule has 23 heavy (non-hydrogen) atoms. The number of carbonyl (C=O) groups is 1. The van der Waals surface area contributed by atoms with Crippen molar-refractivity contribution in [2.75, 3.05) is 27.2 Å². The van der Waals surface area contributed by atoms with Gasteiger partial charge in [0, 0.05) is 18.1 Å². The second-order valence-electron chi connectivity index (χ2n) is 5.71. The van der Waals surface area contributed by atoms with Crippen molar-refractivity contribution in [1.29, 1.82) is 0 Å². The molecule has 0 fully saturated rings. The Labute approximate surface area is 142 Å². The molecule has 1 amide bonds. The zero-order valence-corrected chi connectivity index (χ0v) is 14.6. The van der Waals surface area contributed by atoms with Crippen LogP contribution in [0.25, 0.3) is 5.69 Å². The molecule has 1 heterocycles. The lowest BCUT2D eigenvalue weighted by Gasteiger charge is -2.11. The van der Waals surface area contributed by atoms with E-state index in [1.165, 1.54) is 0 Å². The Kier molecular flexibility index (Phi) is 6.19. The highest BCUT2D eigenvalue weighted by Crippen LogP contribution is 2.19. The van der Waals surface area contributed by atoms with Crippen molar-refractivity contribution in [3.8, 4) is 5.69 Å². The molecule has 1 N–H and O–H groups in total. The fraction of sp³-hybridized carbons (Fsp3) is 0.412. The summed E-state index contributed by atoms with van der Waals surface area (Å²) in [6, 6.07) is 7.49. The van der Waals surface area contributed by atoms with Crippen LogP contribution >= 0.6 is 11.6 Å². The molecule has 124 valence electrons. The van der Waals surface area contributed by atoms with Crippen LogP contribution in [0.15, 0.2) is 30.5 Å². The molecule has 6 heteroatoms. The van der Waals surface area contributed by atoms with Gasteiger partial charge in [-0.3, -0.25) is 4.79 Å². The minimum atomic E-state index is -0.0800. The van der Waals surface area contributed by atoms with E-state index in [1.807, 2.05) is 43.3 Å². The van der Waals surface area contributed by atoms with Gasteiger partial charge in [0.1, 0.15) is 0 Å². The van der Waals surface area contributed by atoms with Crippen LogP contribution in [-0.2, 0) is 6.42 Å². The molecule has 1 aromatic heterocycles. The number of nitrogens with zero attached hydrogens (tertiary/aromatic N) is 3. The molecule has 0 saturated heterocycles. The van der Waals surface area contributed by atoms with Crippen molar-refractivity contribution in [3.05, 3.63) is 46.7 Å². The molecular formula is C17H23ClN4O. The Balaban J connectivity index is 2.25. The molecule has 0 spiro atoms. The largest absolute Gasteiger partial charge is 0.351 e. The summed E-state index contributed by atoms with van der Waals surface area (Å²) in [6.07, 6.45) is 3.35. The van der Waals surface area contributed by atoms with Gasteiger partial charge in [0.15, 0.2) is 0 Å². The number of carbonyl (C=O) groups excluding carboxylic acids is 1. The molecule has 5 nitrogen and oxygen atoms in total. The number of benzene rings is 1. The number of aromatic nitrogens is 2. The molecule has 0 aliphatic heterocycles. The van der Waals surface area contributed by atoms with Crippen molar-refractivity contribution in [2.45, 2.75) is 19.8 Å². The third-order valence-corrected chi connectivity index (χ3v) is 3.73. The first kappa shape index (κ1) is 17.5. The topological polar surface area (TPSA) is 50.2 Å². The van der Waals surface area contributed by atoms with Gasteiger partial charge in [0.05, 0.1) is 23.1 Å². The first-order valence-corrected chi connectivity index (χ1v) is 8.16. The van der Waals surface area contributed by atoms with Crippen molar-refractivity contribution < 1.29 is 4.79 Å². The minimum absolute atomic E-state index is 0.0800. The Morgan fingerprint density at radius 3 is 2.83 bits per heavy atom. The normalized spacial score (nSPS) is 11.0. The zero-order chi connectivity index (χ0) is 16.8. The number of halogens is 1. The van der Waals surface area contributed by atoms with Crippen LogP contribution in [0.3, 0.4) is 0 Å². The lowest BCUT2D eigenvalue weighted by atomic mass is 10.1. The maximum Gasteiger partial charge on any atom is 0.254 e. The van der Waals surface area contributed by atoms with Gasteiger partial charge in [-0.25, -0.2) is 4.68 Å². The SMILES string of the molecule is CCCc1c(C(=O)NCCN(C)C)cnn1-c1cccc(Cl)c1. The van der Waals surface area contributed by atoms with Crippen LogP contribution in [0.2, 0.25) is 5.02 Å². The van der Waals surface area contributed by atoms with E-state index in [0.717, 1.165) is 30.8 Å². The number of amides is 1. The summed E-state index contributed by atoms with van der Waals surface area (Å²) in [5, 5.41) is 7.99. The zero-order valence-electron chi connectivity index (χ0n) is 13.8. The Morgan fingerprint density at radius 2 is 2.17 bits per heavy atom. The van der Waals surface area contributed by atoms with E-state index in [9.17, 15) is 4.79 Å². The third kappa shape index (κ3) is 4.56. The summed E-state index contributed by atoms with van der Waals surface area (Å²) in [7, 11) is 3.96. The molecule has 2 rings (SSSR count). The molecule has 2 aromatic rings. The van der Waals surface area contributed by atoms with Crippen LogP contribution in [0.5, 0.6) is 0 Å². The van der Waals surface area contributed by atoms with Gasteiger partial charge in [0.25, 0.3) is 5.91 Å². The maximum absolute atomic E-state index is 12.4. The predicted octanol–water partition coefficient (Wildman–Crippen LogP) is 2.77. The molecule has 0 atom stereocenters. The summed E-state index contributed by atoms with van der Waals surface area (Å²) in [4.78, 5) is 14.5. The number of hydrogen-bond donors (Lipinski definition) is 1. The maximum atomic E-state index is 12.4. The van der Waals surface area contributed by atoms with Crippen molar-refractivity contribution in [3.63, 3.8) is 0 Å². The molecular weight excluding hydrogens is 312 g/mol. The lowest BCUT2D eigenvalue weighted by Crippen LogP contribution is -2.31. The van der Waals surface area contributed by atoms with E-state index >= 15 is 0 Å². The number of rotatable bonds is 7. The van der Waals surface area contributed by atoms with E-state index in [-0.39, 0.29) is 5.91 Å². The summed E-state index contributed by atoms with van der Waals surface area (Å²) < 4.78 is 1.80. The van der Waals surface area contributed by atoms with E-state index < -0.39 is 0 Å². The van der Waals surface area contributed by atoms with Crippen molar-refractivity contribution >= 4 is 17.5 Å². The molecule has 0 radical (unpaired) electrons. The quantitative estimate of drug-likeness (QED) is 0.847. The number of hydrogen-bond acceptors (Lipinski definition) is 3. The van der Waals surface area contributed by atoms with Gasteiger partial charge in [0.2, 0.25) is 0 Å². The van der Waals surface area contributed by atoms with Gasteiger partial charge in [-0.1, -0.05) is 31.0 Å². The van der Waals surface area contributed by atoms with Crippen LogP contribution in [0.1, 0.15) is 29.4 Å². The van der Waals surface area contributed by atoms with Gasteiger partial charge in [-0.15, -0.1) is 0 Å². The smallest absolute Gasteiger partial charge is 0.254 e. The summed E-state index contributed by atoms with van der Waals surface area (Å²) >= 11 is 6.07. The summed E-state index contributed by atoms with van der Waals surface area (Å²) in [5.41, 5.74) is 2.41. The van der Waals surface area contributed by atoms with E-state index in [4.69, 9.17) is 11.6 Å². The molecule has 0 bridgehead atoms. The van der Waals surface area contributed by atoms with Crippen LogP contribution in [-0.4, -0.2) is 47.8 Å². The van der Waals surface area contributed by atoms with E-state index in [1.54, 1.807) is 10.9 Å². The second-order valence-corrected chi connectivity index (χ2v) is 6.14. The van der Waals surface area contributed by atoms with Gasteiger partial charge < -0.3 is 10.2 Å². The van der Waals surface area contributed by atoms with Gasteiger partial charge in [-0.2, -0.15) is 5.10 Å². The van der Waals surface area contributed by atoms with Crippen LogP contribution in [0.4, 0.5) is 0 Å². The number of nitrogens with one attached hydrogen (secondary N) is 1. The Hall–Kier alpha value is -1.85. The highest BCUT2D eigenvalue weighted by molar-refractivity contribution is 6.30. The third-order valence-electron chi connectivity index (χ3n) is 3.50. The molecule has 0 unspecified atom stereocenters. The molecule has 0 aliphatic rings. The summed E-state index contributed by atoms with van der Waals surface area (Å²) in [5.74, 6) is -0.0800. The summed E-state index contributed by atoms with van der Waals surface area (Å²) in [6.45, 7) is 3.50. The van der Waals surface area contributed by atoms with Crippen LogP contribution in [0, 0.1) is 0 Å². The standard InChI is InChI=1S/C17H23ClN4O/c1-4-6-16-15(17(23)19-9-10-21(2)3)12-20-22(16)14-8-5-7-13(18)11-14/h5,7-8,11-12H,4,6,9-10H2,1-3H3,(H,19,23). The van der Waals surface area contributed by atoms with Crippen molar-refractivity contribution in [2.24, 2.45) is 0 Å². The molecule has 0 saturated carbocycles. The van der Waals surface area contributed by atoms with E-state index in [2.05, 4.69) is 17.3 Å². The first-order valence-electron chi connectivity index (χ1n) is 7.78. The lowest BCUT2D eigenvalue weighted by molar-refractivity contribution is 0.0950. The fourth-order valence-electron chi connectivity index (χ4n) is 2.36. The average molecular weight is 335 g/mol. The highest BCUT2D eigenvalue weighted by Gasteiger charge is 2.17. The van der Waals surface area contributed by atoms with Crippen molar-refractivity contribution in [1.82, 2.24) is 20.0 Å². The molecule has 1 aromatic carbocycles. The first-order chi connectivity index (χ1) is 11.0. The van der Waals surface area contributed by atoms with Crippen LogP contribution < -0.4 is 5.32 Å². The fourth-order valence-corrected chi connectivity index (χ4v) is 2.54. The predicted molar refractivity (Wildman–Crippen MR) is 93.5 cm³/mol. The monoisotopic (exact) mass is 334 g/mol. The Bertz CT molecular complexity index is 666. The second kappa shape index (κ2) is 8.13. The molecule has 0 aliphatic carbocycles. The Morgan fingerprint density at radius 1 is 1.39 bits per heavy atom. The highest BCUT2D eigenvalue weighted by atomic mass is 35.5. The number of likely N-dealkylation sites (N-methyl/N-ethyl adjacent to an activating group) is 1. The van der Waals surface area contributed by atoms with Gasteiger partial charge in [-0.05, 0) is 38.7 Å². The van der Waals surface area contributed by atoms with Gasteiger partial charge >= 0.3 is 0 Å². The minimum Gasteiger partial charge on any atom is -0.351 e. The van der Waals surface area contributed by atoms with E-state index in [0.29, 0.717) is 17.1 Å².